The standard InChI is InChI=1S/C17H17Cl2N5O2/c1-20-15(25)10-4-5-11(18)13(8-10)22-16(26)14-12(19)9-21-17(23-14)24-6-2-3-7-24/h4-5,8-9H,2-3,6-7H2,1H3,(H,20,25)(H,22,26). The summed E-state index contributed by atoms with van der Waals surface area (Å²) in [6.45, 7) is 1.70. The van der Waals surface area contributed by atoms with Crippen LogP contribution in [0.25, 0.3) is 0 Å². The van der Waals surface area contributed by atoms with Gasteiger partial charge in [-0.05, 0) is 31.0 Å². The van der Waals surface area contributed by atoms with Gasteiger partial charge in [-0.2, -0.15) is 0 Å². The fourth-order valence-corrected chi connectivity index (χ4v) is 3.02. The van der Waals surface area contributed by atoms with Crippen molar-refractivity contribution in [1.29, 1.82) is 0 Å². The Morgan fingerprint density at radius 2 is 1.85 bits per heavy atom. The molecule has 2 heterocycles. The van der Waals surface area contributed by atoms with Crippen molar-refractivity contribution in [1.82, 2.24) is 15.3 Å². The number of nitrogens with one attached hydrogen (secondary N) is 2. The van der Waals surface area contributed by atoms with Crippen LogP contribution in [0.4, 0.5) is 11.6 Å². The molecule has 1 saturated heterocycles. The number of hydrogen-bond donors (Lipinski definition) is 2. The second-order valence-corrected chi connectivity index (χ2v) is 6.60. The summed E-state index contributed by atoms with van der Waals surface area (Å²) in [7, 11) is 1.52. The molecule has 1 fully saturated rings. The molecule has 2 aromatic rings. The van der Waals surface area contributed by atoms with E-state index in [1.54, 1.807) is 12.1 Å². The van der Waals surface area contributed by atoms with Crippen LogP contribution in [0, 0.1) is 0 Å². The summed E-state index contributed by atoms with van der Waals surface area (Å²) in [5.74, 6) is -0.329. The largest absolute Gasteiger partial charge is 0.355 e. The first-order valence-electron chi connectivity index (χ1n) is 8.10. The molecular weight excluding hydrogens is 377 g/mol. The van der Waals surface area contributed by atoms with E-state index in [2.05, 4.69) is 20.6 Å². The highest BCUT2D eigenvalue weighted by molar-refractivity contribution is 6.35. The van der Waals surface area contributed by atoms with Crippen LogP contribution in [-0.2, 0) is 0 Å². The molecule has 0 spiro atoms. The van der Waals surface area contributed by atoms with E-state index in [1.165, 1.54) is 19.3 Å². The van der Waals surface area contributed by atoms with Crippen LogP contribution in [0.15, 0.2) is 24.4 Å². The van der Waals surface area contributed by atoms with Gasteiger partial charge in [0.1, 0.15) is 0 Å². The van der Waals surface area contributed by atoms with Crippen LogP contribution in [0.1, 0.15) is 33.7 Å². The molecular formula is C17H17Cl2N5O2. The highest BCUT2D eigenvalue weighted by Gasteiger charge is 2.20. The predicted molar refractivity (Wildman–Crippen MR) is 101 cm³/mol. The molecule has 1 aliphatic rings. The molecule has 0 aliphatic carbocycles. The van der Waals surface area contributed by atoms with Gasteiger partial charge in [0.25, 0.3) is 11.8 Å². The number of halogens is 2. The average Bonchev–Trinajstić information content (AvgIpc) is 3.18. The van der Waals surface area contributed by atoms with Crippen LogP contribution in [0.2, 0.25) is 10.0 Å². The molecule has 0 unspecified atom stereocenters. The molecule has 1 aliphatic heterocycles. The monoisotopic (exact) mass is 393 g/mol. The Hall–Kier alpha value is -2.38. The SMILES string of the molecule is CNC(=O)c1ccc(Cl)c(NC(=O)c2nc(N3CCCC3)ncc2Cl)c1. The lowest BCUT2D eigenvalue weighted by molar-refractivity contribution is 0.0961. The molecule has 2 N–H and O–H groups in total. The minimum Gasteiger partial charge on any atom is -0.355 e. The Balaban J connectivity index is 1.86. The molecule has 2 amide bonds. The quantitative estimate of drug-likeness (QED) is 0.833. The molecule has 0 radical (unpaired) electrons. The fourth-order valence-electron chi connectivity index (χ4n) is 2.67. The lowest BCUT2D eigenvalue weighted by atomic mass is 10.2. The molecule has 0 atom stereocenters. The predicted octanol–water partition coefficient (Wildman–Crippen LogP) is 3.00. The summed E-state index contributed by atoms with van der Waals surface area (Å²) in [6, 6.07) is 4.61. The zero-order valence-corrected chi connectivity index (χ0v) is 15.6. The number of nitrogens with zero attached hydrogens (tertiary/aromatic N) is 3. The Bertz CT molecular complexity index is 853. The van der Waals surface area contributed by atoms with E-state index in [9.17, 15) is 9.59 Å². The van der Waals surface area contributed by atoms with Crippen LogP contribution in [0.5, 0.6) is 0 Å². The summed E-state index contributed by atoms with van der Waals surface area (Å²) in [5.41, 5.74) is 0.735. The van der Waals surface area contributed by atoms with Gasteiger partial charge in [0.15, 0.2) is 5.69 Å². The fraction of sp³-hybridized carbons (Fsp3) is 0.294. The topological polar surface area (TPSA) is 87.2 Å². The Labute approximate surface area is 160 Å². The van der Waals surface area contributed by atoms with Crippen molar-refractivity contribution in [2.24, 2.45) is 0 Å². The van der Waals surface area contributed by atoms with E-state index in [-0.39, 0.29) is 16.6 Å². The number of carbonyl (C=O) groups is 2. The Morgan fingerprint density at radius 1 is 1.12 bits per heavy atom. The van der Waals surface area contributed by atoms with Gasteiger partial charge >= 0.3 is 0 Å². The van der Waals surface area contributed by atoms with E-state index in [1.807, 2.05) is 4.90 Å². The number of carbonyl (C=O) groups excluding carboxylic acids is 2. The average molecular weight is 394 g/mol. The molecule has 3 rings (SSSR count). The first-order chi connectivity index (χ1) is 12.5. The number of anilines is 2. The number of amides is 2. The van der Waals surface area contributed by atoms with E-state index in [0.29, 0.717) is 22.2 Å². The molecule has 1 aromatic carbocycles. The second kappa shape index (κ2) is 7.88. The summed E-state index contributed by atoms with van der Waals surface area (Å²) in [5, 5.41) is 5.62. The van der Waals surface area contributed by atoms with Gasteiger partial charge in [0, 0.05) is 25.7 Å². The van der Waals surface area contributed by atoms with Crippen molar-refractivity contribution < 1.29 is 9.59 Å². The third-order valence-corrected chi connectivity index (χ3v) is 4.65. The van der Waals surface area contributed by atoms with Gasteiger partial charge in [-0.1, -0.05) is 23.2 Å². The second-order valence-electron chi connectivity index (χ2n) is 5.79. The van der Waals surface area contributed by atoms with Gasteiger partial charge in [0.2, 0.25) is 5.95 Å². The van der Waals surface area contributed by atoms with Crippen LogP contribution < -0.4 is 15.5 Å². The lowest BCUT2D eigenvalue weighted by Gasteiger charge is -2.16. The van der Waals surface area contributed by atoms with Crippen LogP contribution in [0.3, 0.4) is 0 Å². The summed E-state index contributed by atoms with van der Waals surface area (Å²) < 4.78 is 0. The van der Waals surface area contributed by atoms with Gasteiger partial charge in [-0.25, -0.2) is 9.97 Å². The van der Waals surface area contributed by atoms with Gasteiger partial charge < -0.3 is 15.5 Å². The van der Waals surface area contributed by atoms with Crippen molar-refractivity contribution in [3.8, 4) is 0 Å². The zero-order valence-electron chi connectivity index (χ0n) is 14.1. The maximum absolute atomic E-state index is 12.6. The van der Waals surface area contributed by atoms with E-state index < -0.39 is 5.91 Å². The van der Waals surface area contributed by atoms with Crippen LogP contribution >= 0.6 is 23.2 Å². The van der Waals surface area contributed by atoms with Crippen molar-refractivity contribution in [3.05, 3.63) is 45.7 Å². The van der Waals surface area contributed by atoms with Gasteiger partial charge in [-0.15, -0.1) is 0 Å². The highest BCUT2D eigenvalue weighted by Crippen LogP contribution is 2.25. The molecule has 1 aromatic heterocycles. The van der Waals surface area contributed by atoms with E-state index in [0.717, 1.165) is 25.9 Å². The molecule has 0 bridgehead atoms. The van der Waals surface area contributed by atoms with Gasteiger partial charge in [-0.3, -0.25) is 9.59 Å². The van der Waals surface area contributed by atoms with Crippen LogP contribution in [-0.4, -0.2) is 41.9 Å². The summed E-state index contributed by atoms with van der Waals surface area (Å²) in [6.07, 6.45) is 3.55. The van der Waals surface area contributed by atoms with Crippen molar-refractivity contribution in [3.63, 3.8) is 0 Å². The third kappa shape index (κ3) is 3.89. The van der Waals surface area contributed by atoms with Crippen molar-refractivity contribution in [2.45, 2.75) is 12.8 Å². The zero-order chi connectivity index (χ0) is 18.7. The number of benzene rings is 1. The molecule has 136 valence electrons. The minimum atomic E-state index is -0.520. The Kier molecular flexibility index (Phi) is 5.58. The maximum Gasteiger partial charge on any atom is 0.276 e. The van der Waals surface area contributed by atoms with Gasteiger partial charge in [0.05, 0.1) is 21.9 Å². The minimum absolute atomic E-state index is 0.0602. The summed E-state index contributed by atoms with van der Waals surface area (Å²) >= 11 is 12.2. The first kappa shape index (κ1) is 18.4. The normalized spacial score (nSPS) is 13.6. The third-order valence-electron chi connectivity index (χ3n) is 4.04. The Morgan fingerprint density at radius 3 is 2.54 bits per heavy atom. The summed E-state index contributed by atoms with van der Waals surface area (Å²) in [4.78, 5) is 34.9. The number of rotatable bonds is 4. The van der Waals surface area contributed by atoms with E-state index in [4.69, 9.17) is 23.2 Å². The smallest absolute Gasteiger partial charge is 0.276 e. The molecule has 0 saturated carbocycles. The molecule has 26 heavy (non-hydrogen) atoms. The molecule has 7 nitrogen and oxygen atoms in total. The number of hydrogen-bond acceptors (Lipinski definition) is 5. The highest BCUT2D eigenvalue weighted by atomic mass is 35.5. The van der Waals surface area contributed by atoms with E-state index >= 15 is 0 Å². The van der Waals surface area contributed by atoms with Crippen molar-refractivity contribution in [2.75, 3.05) is 30.4 Å². The lowest BCUT2D eigenvalue weighted by Crippen LogP contribution is -2.23. The maximum atomic E-state index is 12.6. The van der Waals surface area contributed by atoms with Crippen molar-refractivity contribution >= 4 is 46.7 Å². The number of aromatic nitrogens is 2. The first-order valence-corrected chi connectivity index (χ1v) is 8.85. The molecule has 9 heteroatoms.